The van der Waals surface area contributed by atoms with Crippen molar-refractivity contribution in [1.82, 2.24) is 19.9 Å². The first-order valence-electron chi connectivity index (χ1n) is 14.7. The van der Waals surface area contributed by atoms with Gasteiger partial charge in [-0.05, 0) is 89.6 Å². The van der Waals surface area contributed by atoms with Gasteiger partial charge in [0.15, 0.2) is 0 Å². The van der Waals surface area contributed by atoms with Crippen molar-refractivity contribution in [3.05, 3.63) is 53.0 Å². The quantitative estimate of drug-likeness (QED) is 0.165. The van der Waals surface area contributed by atoms with Gasteiger partial charge in [0.25, 0.3) is 0 Å². The summed E-state index contributed by atoms with van der Waals surface area (Å²) in [6.45, 7) is 12.7. The number of pyridine rings is 1. The number of carbonyl (C=O) groups is 1. The molecule has 0 bridgehead atoms. The lowest BCUT2D eigenvalue weighted by Gasteiger charge is -2.44. The number of fused-ring (bicyclic) bond motifs is 1. The van der Waals surface area contributed by atoms with Crippen molar-refractivity contribution in [2.45, 2.75) is 71.6 Å². The highest BCUT2D eigenvalue weighted by atomic mass is 32.1. The highest BCUT2D eigenvalue weighted by molar-refractivity contribution is 7.17. The zero-order chi connectivity index (χ0) is 31.8. The van der Waals surface area contributed by atoms with Gasteiger partial charge in [0, 0.05) is 36.4 Å². The van der Waals surface area contributed by atoms with Crippen LogP contribution < -0.4 is 20.3 Å². The summed E-state index contributed by atoms with van der Waals surface area (Å²) < 4.78 is 5.79. The molecule has 0 spiro atoms. The summed E-state index contributed by atoms with van der Waals surface area (Å²) in [6.07, 6.45) is 0.605. The SMILES string of the molecule is COc1cc(Nc2nc(Nc3cccc(C(C)(C)O)n3)c3c(C)csc3n2)ccc1N1CCC(N(C(=O)O)C(C)(C)C)CC1. The van der Waals surface area contributed by atoms with Gasteiger partial charge in [-0.15, -0.1) is 11.3 Å². The Kier molecular flexibility index (Phi) is 8.59. The fourth-order valence-corrected chi connectivity index (χ4v) is 6.62. The van der Waals surface area contributed by atoms with Gasteiger partial charge < -0.3 is 35.4 Å². The number of aliphatic hydroxyl groups is 1. The minimum absolute atomic E-state index is 0.0285. The summed E-state index contributed by atoms with van der Waals surface area (Å²) in [6, 6.07) is 11.4. The standard InChI is InChI=1S/C32H41N7O4S/c1-19-18-44-28-26(19)27(35-25-10-8-9-24(34-25)32(5,6)42)36-29(37-28)33-20-11-12-22(23(17-20)43-7)38-15-13-21(14-16-38)39(30(40)41)31(2,3)4/h8-12,17-18,21,42H,13-16H2,1-7H3,(H,40,41)(H2,33,34,35,36,37). The maximum atomic E-state index is 12.0. The predicted octanol–water partition coefficient (Wildman–Crippen LogP) is 6.87. The second-order valence-electron chi connectivity index (χ2n) is 12.6. The number of nitrogens with zero attached hydrogens (tertiary/aromatic N) is 5. The molecule has 234 valence electrons. The van der Waals surface area contributed by atoms with Crippen molar-refractivity contribution in [2.24, 2.45) is 0 Å². The molecule has 4 aromatic rings. The Morgan fingerprint density at radius 2 is 1.80 bits per heavy atom. The van der Waals surface area contributed by atoms with Crippen LogP contribution in [0.25, 0.3) is 10.2 Å². The van der Waals surface area contributed by atoms with Crippen molar-refractivity contribution >= 4 is 56.6 Å². The van der Waals surface area contributed by atoms with E-state index in [-0.39, 0.29) is 6.04 Å². The molecule has 4 N–H and O–H groups in total. The highest BCUT2D eigenvalue weighted by Crippen LogP contribution is 2.37. The van der Waals surface area contributed by atoms with Crippen LogP contribution in [0.15, 0.2) is 41.8 Å². The number of amides is 1. The van der Waals surface area contributed by atoms with Gasteiger partial charge in [0.1, 0.15) is 27.8 Å². The maximum absolute atomic E-state index is 12.0. The molecule has 1 aromatic carbocycles. The third-order valence-electron chi connectivity index (χ3n) is 7.77. The van der Waals surface area contributed by atoms with E-state index in [0.29, 0.717) is 29.0 Å². The number of aromatic nitrogens is 3. The summed E-state index contributed by atoms with van der Waals surface area (Å²) in [5.41, 5.74) is 1.81. The van der Waals surface area contributed by atoms with Crippen LogP contribution in [0.1, 0.15) is 58.7 Å². The number of rotatable bonds is 8. The van der Waals surface area contributed by atoms with Gasteiger partial charge in [0.05, 0.1) is 23.9 Å². The van der Waals surface area contributed by atoms with Gasteiger partial charge >= 0.3 is 6.09 Å². The molecule has 1 aliphatic rings. The Balaban J connectivity index is 1.36. The first-order chi connectivity index (χ1) is 20.7. The molecule has 0 atom stereocenters. The predicted molar refractivity (Wildman–Crippen MR) is 176 cm³/mol. The van der Waals surface area contributed by atoms with Crippen LogP contribution in [0, 0.1) is 6.92 Å². The number of hydrogen-bond donors (Lipinski definition) is 4. The fourth-order valence-electron chi connectivity index (χ4n) is 5.70. The van der Waals surface area contributed by atoms with Crippen molar-refractivity contribution < 1.29 is 19.7 Å². The number of piperidine rings is 1. The van der Waals surface area contributed by atoms with E-state index in [1.807, 2.05) is 63.4 Å². The number of hydrogen-bond acceptors (Lipinski definition) is 10. The number of anilines is 5. The molecule has 12 heteroatoms. The van der Waals surface area contributed by atoms with Gasteiger partial charge in [-0.1, -0.05) is 6.07 Å². The Labute approximate surface area is 261 Å². The third kappa shape index (κ3) is 6.66. The first kappa shape index (κ1) is 31.3. The van der Waals surface area contributed by atoms with E-state index in [2.05, 4.69) is 20.5 Å². The number of ether oxygens (including phenoxy) is 1. The number of nitrogens with one attached hydrogen (secondary N) is 2. The Bertz CT molecular complexity index is 1650. The van der Waals surface area contributed by atoms with E-state index in [4.69, 9.17) is 14.7 Å². The van der Waals surface area contributed by atoms with Gasteiger partial charge in [-0.25, -0.2) is 14.8 Å². The molecule has 0 aliphatic carbocycles. The lowest BCUT2D eigenvalue weighted by molar-refractivity contribution is 0.0615. The smallest absolute Gasteiger partial charge is 0.407 e. The van der Waals surface area contributed by atoms with Gasteiger partial charge in [-0.3, -0.25) is 0 Å². The molecular formula is C32H41N7O4S. The van der Waals surface area contributed by atoms with Crippen LogP contribution in [-0.4, -0.2) is 67.9 Å². The van der Waals surface area contributed by atoms with E-state index >= 15 is 0 Å². The number of methoxy groups -OCH3 is 1. The molecule has 0 unspecified atom stereocenters. The topological polar surface area (TPSA) is 136 Å². The average molecular weight is 620 g/mol. The molecule has 5 rings (SSSR count). The van der Waals surface area contributed by atoms with E-state index in [1.165, 1.54) is 0 Å². The molecule has 1 amide bonds. The summed E-state index contributed by atoms with van der Waals surface area (Å²) in [4.78, 5) is 30.8. The normalized spacial score (nSPS) is 14.5. The molecule has 1 fully saturated rings. The number of benzene rings is 1. The van der Waals surface area contributed by atoms with Crippen LogP contribution in [0.5, 0.6) is 5.75 Å². The molecule has 0 radical (unpaired) electrons. The molecule has 11 nitrogen and oxygen atoms in total. The average Bonchev–Trinajstić information content (AvgIpc) is 3.32. The van der Waals surface area contributed by atoms with Crippen molar-refractivity contribution in [2.75, 3.05) is 35.7 Å². The lowest BCUT2D eigenvalue weighted by Crippen LogP contribution is -2.54. The second kappa shape index (κ2) is 12.1. The Morgan fingerprint density at radius 1 is 1.07 bits per heavy atom. The van der Waals surface area contributed by atoms with E-state index < -0.39 is 17.2 Å². The number of aryl methyl sites for hydroxylation is 1. The van der Waals surface area contributed by atoms with Crippen molar-refractivity contribution in [1.29, 1.82) is 0 Å². The third-order valence-corrected chi connectivity index (χ3v) is 8.76. The Morgan fingerprint density at radius 3 is 2.43 bits per heavy atom. The van der Waals surface area contributed by atoms with E-state index in [1.54, 1.807) is 43.3 Å². The number of thiophene rings is 1. The molecule has 4 heterocycles. The summed E-state index contributed by atoms with van der Waals surface area (Å²) in [5.74, 6) is 2.32. The Hall–Kier alpha value is -4.16. The number of carboxylic acid groups (broad SMARTS) is 1. The summed E-state index contributed by atoms with van der Waals surface area (Å²) in [7, 11) is 1.65. The summed E-state index contributed by atoms with van der Waals surface area (Å²) in [5, 5.41) is 29.9. The van der Waals surface area contributed by atoms with Crippen LogP contribution in [0.2, 0.25) is 0 Å². The van der Waals surface area contributed by atoms with Crippen LogP contribution in [0.3, 0.4) is 0 Å². The molecular weight excluding hydrogens is 578 g/mol. The van der Waals surface area contributed by atoms with Crippen LogP contribution >= 0.6 is 11.3 Å². The van der Waals surface area contributed by atoms with E-state index in [0.717, 1.165) is 53.1 Å². The second-order valence-corrected chi connectivity index (χ2v) is 13.5. The molecule has 1 aliphatic heterocycles. The first-order valence-corrected chi connectivity index (χ1v) is 15.6. The summed E-state index contributed by atoms with van der Waals surface area (Å²) >= 11 is 1.54. The van der Waals surface area contributed by atoms with Gasteiger partial charge in [0.2, 0.25) is 5.95 Å². The van der Waals surface area contributed by atoms with Crippen LogP contribution in [0.4, 0.5) is 33.8 Å². The van der Waals surface area contributed by atoms with Crippen LogP contribution in [-0.2, 0) is 5.60 Å². The molecule has 44 heavy (non-hydrogen) atoms. The largest absolute Gasteiger partial charge is 0.495 e. The van der Waals surface area contributed by atoms with Gasteiger partial charge in [-0.2, -0.15) is 4.98 Å². The lowest BCUT2D eigenvalue weighted by atomic mass is 9.96. The highest BCUT2D eigenvalue weighted by Gasteiger charge is 2.35. The fraction of sp³-hybridized carbons (Fsp3) is 0.438. The minimum Gasteiger partial charge on any atom is -0.495 e. The zero-order valence-electron chi connectivity index (χ0n) is 26.3. The molecule has 0 saturated carbocycles. The van der Waals surface area contributed by atoms with E-state index in [9.17, 15) is 15.0 Å². The van der Waals surface area contributed by atoms with Crippen molar-refractivity contribution in [3.63, 3.8) is 0 Å². The molecule has 3 aromatic heterocycles. The minimum atomic E-state index is -1.07. The van der Waals surface area contributed by atoms with Crippen molar-refractivity contribution in [3.8, 4) is 5.75 Å². The molecule has 1 saturated heterocycles. The zero-order valence-corrected chi connectivity index (χ0v) is 27.1. The maximum Gasteiger partial charge on any atom is 0.407 e. The monoisotopic (exact) mass is 619 g/mol.